The molecule has 0 atom stereocenters. The van der Waals surface area contributed by atoms with Crippen LogP contribution in [-0.4, -0.2) is 18.1 Å². The van der Waals surface area contributed by atoms with Gasteiger partial charge in [0.25, 0.3) is 0 Å². The van der Waals surface area contributed by atoms with Crippen LogP contribution >= 0.6 is 0 Å². The summed E-state index contributed by atoms with van der Waals surface area (Å²) in [6.45, 7) is 4.18. The van der Waals surface area contributed by atoms with Crippen molar-refractivity contribution in [2.45, 2.75) is 19.8 Å². The maximum absolute atomic E-state index is 4.42. The summed E-state index contributed by atoms with van der Waals surface area (Å²) in [6, 6.07) is 15.1. The Morgan fingerprint density at radius 2 is 1.95 bits per heavy atom. The van der Waals surface area contributed by atoms with Crippen molar-refractivity contribution < 1.29 is 0 Å². The first-order valence-corrected chi connectivity index (χ1v) is 7.31. The van der Waals surface area contributed by atoms with Gasteiger partial charge in [-0.05, 0) is 41.7 Å². The first-order chi connectivity index (χ1) is 9.86. The minimum Gasteiger partial charge on any atom is -0.353 e. The summed E-state index contributed by atoms with van der Waals surface area (Å²) in [7, 11) is 0. The summed E-state index contributed by atoms with van der Waals surface area (Å²) in [4.78, 5) is 6.74. The Morgan fingerprint density at radius 3 is 2.55 bits per heavy atom. The zero-order chi connectivity index (χ0) is 13.8. The Balaban J connectivity index is 1.73. The standard InChI is InChI=1S/C18H20N2/c1-2-15-6-8-16(9-7-15)17-10-13-20(14-11-17)18-5-3-4-12-19-18/h3-10,12H,2,11,13-14H2,1H3. The predicted molar refractivity (Wildman–Crippen MR) is 84.9 cm³/mol. The van der Waals surface area contributed by atoms with Crippen molar-refractivity contribution >= 4 is 11.4 Å². The van der Waals surface area contributed by atoms with Gasteiger partial charge >= 0.3 is 0 Å². The zero-order valence-corrected chi connectivity index (χ0v) is 11.9. The van der Waals surface area contributed by atoms with E-state index in [1.807, 2.05) is 18.3 Å². The molecule has 0 saturated heterocycles. The van der Waals surface area contributed by atoms with Crippen LogP contribution in [0.5, 0.6) is 0 Å². The highest BCUT2D eigenvalue weighted by Gasteiger charge is 2.13. The zero-order valence-electron chi connectivity index (χ0n) is 11.9. The lowest BCUT2D eigenvalue weighted by molar-refractivity contribution is 0.816. The first kappa shape index (κ1) is 12.9. The van der Waals surface area contributed by atoms with Crippen molar-refractivity contribution in [2.24, 2.45) is 0 Å². The molecule has 0 spiro atoms. The van der Waals surface area contributed by atoms with Crippen LogP contribution in [0.2, 0.25) is 0 Å². The molecule has 102 valence electrons. The number of aryl methyl sites for hydroxylation is 1. The molecule has 0 aliphatic carbocycles. The summed E-state index contributed by atoms with van der Waals surface area (Å²) in [5, 5.41) is 0. The Kier molecular flexibility index (Phi) is 3.82. The summed E-state index contributed by atoms with van der Waals surface area (Å²) < 4.78 is 0. The number of nitrogens with zero attached hydrogens (tertiary/aromatic N) is 2. The fraction of sp³-hybridized carbons (Fsp3) is 0.278. The smallest absolute Gasteiger partial charge is 0.128 e. The molecule has 2 nitrogen and oxygen atoms in total. The van der Waals surface area contributed by atoms with Crippen LogP contribution in [0.3, 0.4) is 0 Å². The van der Waals surface area contributed by atoms with Gasteiger partial charge in [-0.2, -0.15) is 0 Å². The summed E-state index contributed by atoms with van der Waals surface area (Å²) in [5.41, 5.74) is 4.22. The van der Waals surface area contributed by atoms with Gasteiger partial charge in [0.2, 0.25) is 0 Å². The molecule has 0 amide bonds. The molecule has 2 aromatic rings. The van der Waals surface area contributed by atoms with Gasteiger partial charge in [-0.25, -0.2) is 4.98 Å². The molecule has 1 aromatic carbocycles. The number of aromatic nitrogens is 1. The number of hydrogen-bond acceptors (Lipinski definition) is 2. The van der Waals surface area contributed by atoms with Crippen molar-refractivity contribution in [1.82, 2.24) is 4.98 Å². The Bertz CT molecular complexity index is 585. The Labute approximate surface area is 120 Å². The summed E-state index contributed by atoms with van der Waals surface area (Å²) in [6.07, 6.45) is 6.38. The van der Waals surface area contributed by atoms with E-state index in [-0.39, 0.29) is 0 Å². The molecule has 0 N–H and O–H groups in total. The van der Waals surface area contributed by atoms with Gasteiger partial charge in [-0.1, -0.05) is 43.3 Å². The normalized spacial score (nSPS) is 15.1. The van der Waals surface area contributed by atoms with Crippen LogP contribution in [0.15, 0.2) is 54.7 Å². The highest BCUT2D eigenvalue weighted by atomic mass is 15.2. The van der Waals surface area contributed by atoms with E-state index in [9.17, 15) is 0 Å². The second-order valence-electron chi connectivity index (χ2n) is 5.16. The van der Waals surface area contributed by atoms with Crippen LogP contribution in [0.25, 0.3) is 5.57 Å². The third-order valence-corrected chi connectivity index (χ3v) is 3.92. The quantitative estimate of drug-likeness (QED) is 0.834. The van der Waals surface area contributed by atoms with Crippen LogP contribution in [0.4, 0.5) is 5.82 Å². The van der Waals surface area contributed by atoms with E-state index in [0.29, 0.717) is 0 Å². The lowest BCUT2D eigenvalue weighted by atomic mass is 9.98. The summed E-state index contributed by atoms with van der Waals surface area (Å²) in [5.74, 6) is 1.07. The maximum atomic E-state index is 4.42. The molecule has 1 aromatic heterocycles. The number of anilines is 1. The second kappa shape index (κ2) is 5.91. The van der Waals surface area contributed by atoms with Gasteiger partial charge in [0, 0.05) is 19.3 Å². The minimum absolute atomic E-state index is 0.946. The average Bonchev–Trinajstić information content (AvgIpc) is 2.56. The van der Waals surface area contributed by atoms with E-state index in [1.54, 1.807) is 0 Å². The van der Waals surface area contributed by atoms with Crippen molar-refractivity contribution in [1.29, 1.82) is 0 Å². The van der Waals surface area contributed by atoms with E-state index >= 15 is 0 Å². The van der Waals surface area contributed by atoms with E-state index in [4.69, 9.17) is 0 Å². The first-order valence-electron chi connectivity index (χ1n) is 7.31. The van der Waals surface area contributed by atoms with Gasteiger partial charge in [-0.15, -0.1) is 0 Å². The molecular formula is C18H20N2. The molecule has 20 heavy (non-hydrogen) atoms. The molecule has 0 saturated carbocycles. The molecule has 2 heterocycles. The Hall–Kier alpha value is -2.09. The highest BCUT2D eigenvalue weighted by molar-refractivity contribution is 5.68. The van der Waals surface area contributed by atoms with Crippen molar-refractivity contribution in [3.05, 3.63) is 65.9 Å². The number of benzene rings is 1. The van der Waals surface area contributed by atoms with Gasteiger partial charge in [0.15, 0.2) is 0 Å². The van der Waals surface area contributed by atoms with Gasteiger partial charge < -0.3 is 4.90 Å². The molecule has 0 bridgehead atoms. The maximum Gasteiger partial charge on any atom is 0.128 e. The van der Waals surface area contributed by atoms with Crippen LogP contribution in [0.1, 0.15) is 24.5 Å². The average molecular weight is 264 g/mol. The molecule has 3 rings (SSSR count). The third-order valence-electron chi connectivity index (χ3n) is 3.92. The van der Waals surface area contributed by atoms with Crippen LogP contribution in [0, 0.1) is 0 Å². The fourth-order valence-corrected chi connectivity index (χ4v) is 2.63. The molecule has 0 fully saturated rings. The number of hydrogen-bond donors (Lipinski definition) is 0. The molecular weight excluding hydrogens is 244 g/mol. The SMILES string of the molecule is CCc1ccc(C2=CCN(c3ccccn3)CC2)cc1. The van der Waals surface area contributed by atoms with E-state index < -0.39 is 0 Å². The lowest BCUT2D eigenvalue weighted by Gasteiger charge is -2.27. The van der Waals surface area contributed by atoms with E-state index in [2.05, 4.69) is 53.2 Å². The van der Waals surface area contributed by atoms with Crippen LogP contribution < -0.4 is 4.90 Å². The molecule has 2 heteroatoms. The molecule has 1 aliphatic heterocycles. The van der Waals surface area contributed by atoms with E-state index in [1.165, 1.54) is 16.7 Å². The van der Waals surface area contributed by atoms with Gasteiger partial charge in [0.05, 0.1) is 0 Å². The minimum atomic E-state index is 0.946. The lowest BCUT2D eigenvalue weighted by Crippen LogP contribution is -2.28. The van der Waals surface area contributed by atoms with Crippen LogP contribution in [-0.2, 0) is 6.42 Å². The number of pyridine rings is 1. The third kappa shape index (κ3) is 2.74. The second-order valence-corrected chi connectivity index (χ2v) is 5.16. The molecule has 0 unspecified atom stereocenters. The van der Waals surface area contributed by atoms with Gasteiger partial charge in [0.1, 0.15) is 5.82 Å². The topological polar surface area (TPSA) is 16.1 Å². The predicted octanol–water partition coefficient (Wildman–Crippen LogP) is 3.94. The molecule has 1 aliphatic rings. The fourth-order valence-electron chi connectivity index (χ4n) is 2.63. The van der Waals surface area contributed by atoms with Crippen molar-refractivity contribution in [2.75, 3.05) is 18.0 Å². The Morgan fingerprint density at radius 1 is 1.10 bits per heavy atom. The summed E-state index contributed by atoms with van der Waals surface area (Å²) >= 11 is 0. The number of rotatable bonds is 3. The van der Waals surface area contributed by atoms with Crippen molar-refractivity contribution in [3.63, 3.8) is 0 Å². The van der Waals surface area contributed by atoms with Gasteiger partial charge in [-0.3, -0.25) is 0 Å². The van der Waals surface area contributed by atoms with Crippen molar-refractivity contribution in [3.8, 4) is 0 Å². The monoisotopic (exact) mass is 264 g/mol. The highest BCUT2D eigenvalue weighted by Crippen LogP contribution is 2.24. The van der Waals surface area contributed by atoms with E-state index in [0.717, 1.165) is 31.7 Å². The molecule has 0 radical (unpaired) electrons. The largest absolute Gasteiger partial charge is 0.353 e.